The Kier molecular flexibility index (Phi) is 5.41. The molecule has 1 aromatic carbocycles. The van der Waals surface area contributed by atoms with Gasteiger partial charge in [-0.3, -0.25) is 9.59 Å². The summed E-state index contributed by atoms with van der Waals surface area (Å²) in [4.78, 5) is 23.4. The van der Waals surface area contributed by atoms with Gasteiger partial charge in [-0.1, -0.05) is 19.1 Å². The molecular weight excluding hydrogens is 256 g/mol. The zero-order valence-electron chi connectivity index (χ0n) is 10.5. The predicted molar refractivity (Wildman–Crippen MR) is 64.3 cm³/mol. The summed E-state index contributed by atoms with van der Waals surface area (Å²) < 4.78 is 26.6. The van der Waals surface area contributed by atoms with E-state index in [2.05, 4.69) is 0 Å². The number of hydrogen-bond acceptors (Lipinski definition) is 2. The lowest BCUT2D eigenvalue weighted by atomic mass is 10.1. The molecule has 0 aromatic heterocycles. The van der Waals surface area contributed by atoms with Gasteiger partial charge >= 0.3 is 5.97 Å². The van der Waals surface area contributed by atoms with Crippen LogP contribution in [0.2, 0.25) is 0 Å². The van der Waals surface area contributed by atoms with Crippen molar-refractivity contribution in [2.24, 2.45) is 0 Å². The van der Waals surface area contributed by atoms with Crippen LogP contribution in [0.3, 0.4) is 0 Å². The molecule has 6 heteroatoms. The van der Waals surface area contributed by atoms with Crippen LogP contribution < -0.4 is 0 Å². The second-order valence-electron chi connectivity index (χ2n) is 4.03. The molecule has 0 heterocycles. The van der Waals surface area contributed by atoms with Crippen molar-refractivity contribution < 1.29 is 23.5 Å². The number of halogens is 2. The van der Waals surface area contributed by atoms with E-state index in [4.69, 9.17) is 5.11 Å². The summed E-state index contributed by atoms with van der Waals surface area (Å²) in [6.45, 7) is 1.46. The van der Waals surface area contributed by atoms with Gasteiger partial charge in [-0.05, 0) is 6.07 Å². The van der Waals surface area contributed by atoms with Gasteiger partial charge in [-0.15, -0.1) is 0 Å². The van der Waals surface area contributed by atoms with Crippen molar-refractivity contribution in [1.82, 2.24) is 4.90 Å². The van der Waals surface area contributed by atoms with Crippen LogP contribution in [-0.4, -0.2) is 28.4 Å². The molecule has 0 spiro atoms. The van der Waals surface area contributed by atoms with Crippen molar-refractivity contribution in [3.63, 3.8) is 0 Å². The molecule has 104 valence electrons. The van der Waals surface area contributed by atoms with Crippen molar-refractivity contribution in [1.29, 1.82) is 0 Å². The molecule has 4 nitrogen and oxygen atoms in total. The number of carboxylic acids is 1. The van der Waals surface area contributed by atoms with Gasteiger partial charge in [0.05, 0.1) is 6.42 Å². The molecule has 0 aliphatic carbocycles. The lowest BCUT2D eigenvalue weighted by Gasteiger charge is -2.21. The third kappa shape index (κ3) is 4.31. The van der Waals surface area contributed by atoms with Crippen molar-refractivity contribution >= 4 is 11.9 Å². The maximum Gasteiger partial charge on any atom is 0.305 e. The van der Waals surface area contributed by atoms with E-state index in [1.807, 2.05) is 0 Å². The number of hydrogen-bond donors (Lipinski definition) is 1. The van der Waals surface area contributed by atoms with E-state index in [0.29, 0.717) is 0 Å². The Balaban J connectivity index is 2.84. The summed E-state index contributed by atoms with van der Waals surface area (Å²) >= 11 is 0. The van der Waals surface area contributed by atoms with Gasteiger partial charge in [-0.25, -0.2) is 8.78 Å². The monoisotopic (exact) mass is 271 g/mol. The Labute approximate surface area is 109 Å². The number of carbonyl (C=O) groups excluding carboxylic acids is 1. The quantitative estimate of drug-likeness (QED) is 0.862. The first-order valence-electron chi connectivity index (χ1n) is 5.88. The van der Waals surface area contributed by atoms with Crippen LogP contribution in [0.25, 0.3) is 0 Å². The second-order valence-corrected chi connectivity index (χ2v) is 4.03. The minimum Gasteiger partial charge on any atom is -0.481 e. The van der Waals surface area contributed by atoms with Crippen molar-refractivity contribution in [2.45, 2.75) is 26.3 Å². The van der Waals surface area contributed by atoms with Gasteiger partial charge in [0.25, 0.3) is 0 Å². The van der Waals surface area contributed by atoms with Crippen LogP contribution in [-0.2, 0) is 16.1 Å². The molecule has 19 heavy (non-hydrogen) atoms. The summed E-state index contributed by atoms with van der Waals surface area (Å²) in [5.41, 5.74) is 0.0344. The highest BCUT2D eigenvalue weighted by Gasteiger charge is 2.16. The van der Waals surface area contributed by atoms with Gasteiger partial charge in [0.2, 0.25) is 5.91 Å². The summed E-state index contributed by atoms with van der Waals surface area (Å²) in [5, 5.41) is 8.61. The largest absolute Gasteiger partial charge is 0.481 e. The first-order chi connectivity index (χ1) is 8.95. The lowest BCUT2D eigenvalue weighted by Crippen LogP contribution is -2.32. The fourth-order valence-corrected chi connectivity index (χ4v) is 1.62. The number of nitrogens with zero attached hydrogens (tertiary/aromatic N) is 1. The molecule has 0 unspecified atom stereocenters. The van der Waals surface area contributed by atoms with Gasteiger partial charge < -0.3 is 10.0 Å². The fourth-order valence-electron chi connectivity index (χ4n) is 1.62. The topological polar surface area (TPSA) is 57.6 Å². The van der Waals surface area contributed by atoms with Gasteiger partial charge in [-0.2, -0.15) is 0 Å². The van der Waals surface area contributed by atoms with Gasteiger partial charge in [0.1, 0.15) is 0 Å². The number of aliphatic carboxylic acids is 1. The normalized spacial score (nSPS) is 10.3. The first kappa shape index (κ1) is 15.1. The molecule has 0 aliphatic rings. The Morgan fingerprint density at radius 3 is 2.58 bits per heavy atom. The summed E-state index contributed by atoms with van der Waals surface area (Å²) in [6, 6.07) is 3.71. The van der Waals surface area contributed by atoms with E-state index < -0.39 is 17.6 Å². The van der Waals surface area contributed by atoms with E-state index >= 15 is 0 Å². The number of amides is 1. The number of benzene rings is 1. The molecular formula is C13H15F2NO3. The van der Waals surface area contributed by atoms with E-state index in [1.54, 1.807) is 6.92 Å². The van der Waals surface area contributed by atoms with Crippen molar-refractivity contribution in [3.05, 3.63) is 35.4 Å². The van der Waals surface area contributed by atoms with Crippen molar-refractivity contribution in [2.75, 3.05) is 6.54 Å². The van der Waals surface area contributed by atoms with E-state index in [0.717, 1.165) is 6.07 Å². The third-order valence-corrected chi connectivity index (χ3v) is 2.64. The minimum absolute atomic E-state index is 0.0298. The fraction of sp³-hybridized carbons (Fsp3) is 0.385. The SMILES string of the molecule is CCC(=O)N(CCC(=O)O)Cc1cccc(F)c1F. The molecule has 0 radical (unpaired) electrons. The van der Waals surface area contributed by atoms with Crippen LogP contribution in [0.15, 0.2) is 18.2 Å². The Morgan fingerprint density at radius 1 is 1.32 bits per heavy atom. The summed E-state index contributed by atoms with van der Waals surface area (Å²) in [6.07, 6.45) is -0.0563. The average Bonchev–Trinajstić information content (AvgIpc) is 2.38. The summed E-state index contributed by atoms with van der Waals surface area (Å²) in [5.74, 6) is -3.34. The third-order valence-electron chi connectivity index (χ3n) is 2.64. The number of carbonyl (C=O) groups is 2. The van der Waals surface area contributed by atoms with Crippen LogP contribution in [0.4, 0.5) is 8.78 Å². The van der Waals surface area contributed by atoms with Gasteiger partial charge in [0, 0.05) is 25.1 Å². The molecule has 0 atom stereocenters. The van der Waals surface area contributed by atoms with Crippen LogP contribution in [0.1, 0.15) is 25.3 Å². The molecule has 1 amide bonds. The molecule has 0 aliphatic heterocycles. The van der Waals surface area contributed by atoms with Crippen molar-refractivity contribution in [3.8, 4) is 0 Å². The Morgan fingerprint density at radius 2 is 2.00 bits per heavy atom. The molecule has 0 saturated carbocycles. The molecule has 0 bridgehead atoms. The van der Waals surface area contributed by atoms with Crippen LogP contribution in [0.5, 0.6) is 0 Å². The molecule has 1 aromatic rings. The zero-order chi connectivity index (χ0) is 14.4. The molecule has 0 saturated heterocycles. The average molecular weight is 271 g/mol. The number of carboxylic acid groups (broad SMARTS) is 1. The highest BCUT2D eigenvalue weighted by atomic mass is 19.2. The van der Waals surface area contributed by atoms with Crippen LogP contribution in [0, 0.1) is 11.6 Å². The minimum atomic E-state index is -1.05. The van der Waals surface area contributed by atoms with Gasteiger partial charge in [0.15, 0.2) is 11.6 Å². The van der Waals surface area contributed by atoms with Crippen LogP contribution >= 0.6 is 0 Å². The van der Waals surface area contributed by atoms with E-state index in [1.165, 1.54) is 17.0 Å². The first-order valence-corrected chi connectivity index (χ1v) is 5.88. The highest BCUT2D eigenvalue weighted by molar-refractivity contribution is 5.76. The predicted octanol–water partition coefficient (Wildman–Crippen LogP) is 2.18. The standard InChI is InChI=1S/C13H15F2NO3/c1-2-11(17)16(7-6-12(18)19)8-9-4-3-5-10(14)13(9)15/h3-5H,2,6-8H2,1H3,(H,18,19). The highest BCUT2D eigenvalue weighted by Crippen LogP contribution is 2.14. The lowest BCUT2D eigenvalue weighted by molar-refractivity contribution is -0.138. The Bertz CT molecular complexity index is 477. The summed E-state index contributed by atoms with van der Waals surface area (Å²) in [7, 11) is 0. The van der Waals surface area contributed by atoms with E-state index in [9.17, 15) is 18.4 Å². The Hall–Kier alpha value is -1.98. The molecule has 1 N–H and O–H groups in total. The molecule has 1 rings (SSSR count). The number of rotatable bonds is 6. The second kappa shape index (κ2) is 6.82. The maximum absolute atomic E-state index is 13.5. The zero-order valence-corrected chi connectivity index (χ0v) is 10.5. The smallest absolute Gasteiger partial charge is 0.305 e. The van der Waals surface area contributed by atoms with E-state index in [-0.39, 0.29) is 37.4 Å². The maximum atomic E-state index is 13.5. The molecule has 0 fully saturated rings.